The molecule has 0 saturated heterocycles. The summed E-state index contributed by atoms with van der Waals surface area (Å²) in [5.74, 6) is -0.0657. The van der Waals surface area contributed by atoms with E-state index in [2.05, 4.69) is 33.4 Å². The summed E-state index contributed by atoms with van der Waals surface area (Å²) < 4.78 is 5.27. The van der Waals surface area contributed by atoms with Gasteiger partial charge in [0, 0.05) is 11.4 Å². The van der Waals surface area contributed by atoms with E-state index in [1.165, 1.54) is 5.56 Å². The molecule has 1 amide bonds. The minimum Gasteiger partial charge on any atom is -0.369 e. The zero-order valence-electron chi connectivity index (χ0n) is 10.9. The van der Waals surface area contributed by atoms with Crippen molar-refractivity contribution in [3.05, 3.63) is 35.9 Å². The molecular weight excluding hydrogens is 294 g/mol. The molecule has 0 aliphatic rings. The van der Waals surface area contributed by atoms with E-state index in [-0.39, 0.29) is 24.7 Å². The topological polar surface area (TPSA) is 38.3 Å². The first-order chi connectivity index (χ1) is 8.61. The van der Waals surface area contributed by atoms with Crippen LogP contribution in [0.4, 0.5) is 0 Å². The van der Waals surface area contributed by atoms with Gasteiger partial charge in [-0.15, -0.1) is 0 Å². The summed E-state index contributed by atoms with van der Waals surface area (Å²) in [4.78, 5) is 11.7. The fourth-order valence-electron chi connectivity index (χ4n) is 1.55. The summed E-state index contributed by atoms with van der Waals surface area (Å²) in [5.41, 5.74) is 1.21. The quantitative estimate of drug-likeness (QED) is 0.786. The zero-order chi connectivity index (χ0) is 13.4. The van der Waals surface area contributed by atoms with E-state index in [4.69, 9.17) is 4.74 Å². The van der Waals surface area contributed by atoms with Crippen LogP contribution in [0.25, 0.3) is 0 Å². The average Bonchev–Trinajstić information content (AvgIpc) is 2.37. The molecule has 0 radical (unpaired) electrons. The van der Waals surface area contributed by atoms with Crippen molar-refractivity contribution in [1.29, 1.82) is 0 Å². The summed E-state index contributed by atoms with van der Waals surface area (Å²) in [5, 5.41) is 3.69. The first-order valence-corrected chi connectivity index (χ1v) is 7.24. The Bertz CT molecular complexity index is 354. The highest BCUT2D eigenvalue weighted by atomic mass is 79.9. The van der Waals surface area contributed by atoms with Gasteiger partial charge in [-0.05, 0) is 25.8 Å². The highest BCUT2D eigenvalue weighted by molar-refractivity contribution is 9.09. The second-order valence-electron chi connectivity index (χ2n) is 4.47. The molecule has 100 valence electrons. The molecule has 0 bridgehead atoms. The Hall–Kier alpha value is -0.870. The first-order valence-electron chi connectivity index (χ1n) is 6.12. The van der Waals surface area contributed by atoms with Crippen molar-refractivity contribution in [3.8, 4) is 0 Å². The molecule has 4 heteroatoms. The smallest absolute Gasteiger partial charge is 0.246 e. The lowest BCUT2D eigenvalue weighted by Gasteiger charge is -2.17. The molecule has 0 spiro atoms. The maximum atomic E-state index is 11.7. The van der Waals surface area contributed by atoms with Crippen LogP contribution in [0.15, 0.2) is 30.3 Å². The number of alkyl halides is 1. The van der Waals surface area contributed by atoms with E-state index >= 15 is 0 Å². The van der Waals surface area contributed by atoms with Crippen LogP contribution in [0.1, 0.15) is 19.4 Å². The average molecular weight is 314 g/mol. The van der Waals surface area contributed by atoms with E-state index in [0.29, 0.717) is 0 Å². The van der Waals surface area contributed by atoms with Gasteiger partial charge in [0.25, 0.3) is 0 Å². The largest absolute Gasteiger partial charge is 0.369 e. The maximum Gasteiger partial charge on any atom is 0.246 e. The molecule has 0 saturated carbocycles. The number of carbonyl (C=O) groups is 1. The zero-order valence-corrected chi connectivity index (χ0v) is 12.4. The number of ether oxygens (including phenoxy) is 1. The van der Waals surface area contributed by atoms with Crippen LogP contribution in [0.5, 0.6) is 0 Å². The highest BCUT2D eigenvalue weighted by Gasteiger charge is 2.12. The maximum absolute atomic E-state index is 11.7. The Kier molecular flexibility index (Phi) is 6.98. The van der Waals surface area contributed by atoms with E-state index < -0.39 is 0 Å². The van der Waals surface area contributed by atoms with Gasteiger partial charge in [0.1, 0.15) is 6.61 Å². The molecule has 1 aromatic rings. The van der Waals surface area contributed by atoms with Crippen molar-refractivity contribution in [2.75, 3.05) is 11.9 Å². The minimum atomic E-state index is -0.0657. The van der Waals surface area contributed by atoms with Crippen molar-refractivity contribution in [2.45, 2.75) is 32.4 Å². The van der Waals surface area contributed by atoms with E-state index in [9.17, 15) is 4.79 Å². The van der Waals surface area contributed by atoms with Crippen LogP contribution in [-0.4, -0.2) is 30.0 Å². The summed E-state index contributed by atoms with van der Waals surface area (Å²) in [6.07, 6.45) is 0.895. The van der Waals surface area contributed by atoms with Gasteiger partial charge in [0.05, 0.1) is 6.10 Å². The third-order valence-corrected chi connectivity index (χ3v) is 3.21. The third kappa shape index (κ3) is 6.17. The Labute approximate surface area is 117 Å². The minimum absolute atomic E-state index is 0.0657. The van der Waals surface area contributed by atoms with Gasteiger partial charge in [-0.1, -0.05) is 46.3 Å². The van der Waals surface area contributed by atoms with Gasteiger partial charge >= 0.3 is 0 Å². The van der Waals surface area contributed by atoms with Crippen molar-refractivity contribution in [2.24, 2.45) is 0 Å². The van der Waals surface area contributed by atoms with Gasteiger partial charge in [-0.3, -0.25) is 4.79 Å². The van der Waals surface area contributed by atoms with Crippen molar-refractivity contribution >= 4 is 21.8 Å². The summed E-state index contributed by atoms with van der Waals surface area (Å²) in [7, 11) is 0. The predicted octanol–water partition coefficient (Wildman–Crippen LogP) is 2.53. The fraction of sp³-hybridized carbons (Fsp3) is 0.500. The van der Waals surface area contributed by atoms with Crippen LogP contribution in [0, 0.1) is 0 Å². The Morgan fingerprint density at radius 3 is 2.56 bits per heavy atom. The molecule has 1 atom stereocenters. The van der Waals surface area contributed by atoms with Gasteiger partial charge in [0.15, 0.2) is 0 Å². The van der Waals surface area contributed by atoms with Crippen LogP contribution < -0.4 is 5.32 Å². The summed E-state index contributed by atoms with van der Waals surface area (Å²) >= 11 is 3.43. The number of benzene rings is 1. The molecular formula is C14H20BrNO2. The number of hydrogen-bond acceptors (Lipinski definition) is 2. The van der Waals surface area contributed by atoms with Crippen molar-refractivity contribution < 1.29 is 9.53 Å². The number of carbonyl (C=O) groups excluding carboxylic acids is 1. The fourth-order valence-corrected chi connectivity index (χ4v) is 1.95. The van der Waals surface area contributed by atoms with Gasteiger partial charge < -0.3 is 10.1 Å². The van der Waals surface area contributed by atoms with E-state index in [1.807, 2.05) is 32.0 Å². The molecule has 0 heterocycles. The Morgan fingerprint density at radius 2 is 2.00 bits per heavy atom. The highest BCUT2D eigenvalue weighted by Crippen LogP contribution is 2.05. The molecule has 1 unspecified atom stereocenters. The van der Waals surface area contributed by atoms with Gasteiger partial charge in [-0.25, -0.2) is 0 Å². The molecule has 0 aliphatic carbocycles. The summed E-state index contributed by atoms with van der Waals surface area (Å²) in [6.45, 7) is 3.95. The lowest BCUT2D eigenvalue weighted by molar-refractivity contribution is -0.127. The predicted molar refractivity (Wildman–Crippen MR) is 77.0 cm³/mol. The van der Waals surface area contributed by atoms with Crippen molar-refractivity contribution in [1.82, 2.24) is 5.32 Å². The van der Waals surface area contributed by atoms with Gasteiger partial charge in [-0.2, -0.15) is 0 Å². The van der Waals surface area contributed by atoms with Gasteiger partial charge in [0.2, 0.25) is 5.91 Å². The summed E-state index contributed by atoms with van der Waals surface area (Å²) in [6, 6.07) is 10.2. The standard InChI is InChI=1S/C14H20BrNO2/c1-11(2)18-10-14(17)16-13(9-15)8-12-6-4-3-5-7-12/h3-7,11,13H,8-10H2,1-2H3,(H,16,17). The van der Waals surface area contributed by atoms with Crippen LogP contribution >= 0.6 is 15.9 Å². The Morgan fingerprint density at radius 1 is 1.33 bits per heavy atom. The SMILES string of the molecule is CC(C)OCC(=O)NC(CBr)Cc1ccccc1. The van der Waals surface area contributed by atoms with Crippen LogP contribution in [0.3, 0.4) is 0 Å². The molecule has 1 N–H and O–H groups in total. The molecule has 0 aromatic heterocycles. The first kappa shape index (κ1) is 15.2. The number of amides is 1. The second-order valence-corrected chi connectivity index (χ2v) is 5.12. The normalized spacial score (nSPS) is 12.4. The van der Waals surface area contributed by atoms with E-state index in [1.54, 1.807) is 0 Å². The lowest BCUT2D eigenvalue weighted by atomic mass is 10.1. The number of nitrogens with one attached hydrogen (secondary N) is 1. The number of halogens is 1. The monoisotopic (exact) mass is 313 g/mol. The second kappa shape index (κ2) is 8.27. The lowest BCUT2D eigenvalue weighted by Crippen LogP contribution is -2.40. The molecule has 1 aromatic carbocycles. The molecule has 0 aliphatic heterocycles. The molecule has 0 fully saturated rings. The third-order valence-electron chi connectivity index (χ3n) is 2.42. The van der Waals surface area contributed by atoms with Crippen LogP contribution in [0.2, 0.25) is 0 Å². The molecule has 3 nitrogen and oxygen atoms in total. The van der Waals surface area contributed by atoms with Crippen LogP contribution in [-0.2, 0) is 16.0 Å². The molecule has 1 rings (SSSR count). The number of rotatable bonds is 7. The van der Waals surface area contributed by atoms with Crippen molar-refractivity contribution in [3.63, 3.8) is 0 Å². The van der Waals surface area contributed by atoms with E-state index in [0.717, 1.165) is 11.8 Å². The Balaban J connectivity index is 2.40. The molecule has 18 heavy (non-hydrogen) atoms. The number of hydrogen-bond donors (Lipinski definition) is 1.